The third-order valence-corrected chi connectivity index (χ3v) is 3.98. The largest absolute Gasteiger partial charge is 0.480 e. The predicted molar refractivity (Wildman–Crippen MR) is 89.3 cm³/mol. The first-order valence-corrected chi connectivity index (χ1v) is 7.64. The van der Waals surface area contributed by atoms with Crippen LogP contribution in [-0.2, 0) is 6.42 Å². The van der Waals surface area contributed by atoms with E-state index < -0.39 is 0 Å². The van der Waals surface area contributed by atoms with Crippen LogP contribution in [-0.4, -0.2) is 22.1 Å². The van der Waals surface area contributed by atoms with Crippen molar-refractivity contribution in [3.8, 4) is 17.1 Å². The second-order valence-electron chi connectivity index (χ2n) is 5.77. The second kappa shape index (κ2) is 5.79. The van der Waals surface area contributed by atoms with Gasteiger partial charge in [-0.3, -0.25) is 0 Å². The average molecular weight is 295 g/mol. The minimum absolute atomic E-state index is 0.488. The van der Waals surface area contributed by atoms with Crippen LogP contribution >= 0.6 is 0 Å². The molecule has 0 bridgehead atoms. The molecule has 4 heteroatoms. The monoisotopic (exact) mass is 295 g/mol. The number of methoxy groups -OCH3 is 1. The van der Waals surface area contributed by atoms with Crippen LogP contribution in [0.5, 0.6) is 5.88 Å². The summed E-state index contributed by atoms with van der Waals surface area (Å²) in [5, 5.41) is 1.26. The fourth-order valence-electron chi connectivity index (χ4n) is 2.65. The van der Waals surface area contributed by atoms with E-state index in [2.05, 4.69) is 53.9 Å². The van der Waals surface area contributed by atoms with Gasteiger partial charge in [0.15, 0.2) is 0 Å². The summed E-state index contributed by atoms with van der Waals surface area (Å²) in [6, 6.07) is 6.66. The topological polar surface area (TPSA) is 50.8 Å². The zero-order valence-corrected chi connectivity index (χ0v) is 13.5. The van der Waals surface area contributed by atoms with E-state index in [1.54, 1.807) is 19.5 Å². The molecule has 0 aliphatic rings. The third kappa shape index (κ3) is 2.56. The molecule has 22 heavy (non-hydrogen) atoms. The van der Waals surface area contributed by atoms with Gasteiger partial charge in [-0.1, -0.05) is 20.8 Å². The Morgan fingerprint density at radius 1 is 1.14 bits per heavy atom. The van der Waals surface area contributed by atoms with Gasteiger partial charge < -0.3 is 9.72 Å². The maximum atomic E-state index is 5.08. The van der Waals surface area contributed by atoms with Gasteiger partial charge in [-0.15, -0.1) is 0 Å². The quantitative estimate of drug-likeness (QED) is 0.780. The minimum atomic E-state index is 0.488. The standard InChI is InChI=1S/C18H21N3O/c1-5-12-6-13-7-15(11(2)3)21-16(13)8-14(12)17-9-20-18(22-4)10-19-17/h6-11,21H,5H2,1-4H3. The number of hydrogen-bond donors (Lipinski definition) is 1. The van der Waals surface area contributed by atoms with Crippen LogP contribution in [0.1, 0.15) is 37.9 Å². The molecule has 3 rings (SSSR count). The van der Waals surface area contributed by atoms with Crippen molar-refractivity contribution in [1.29, 1.82) is 0 Å². The lowest BCUT2D eigenvalue weighted by Crippen LogP contribution is -1.94. The Bertz CT molecular complexity index is 788. The summed E-state index contributed by atoms with van der Waals surface area (Å²) >= 11 is 0. The van der Waals surface area contributed by atoms with Gasteiger partial charge in [0.05, 0.1) is 25.2 Å². The van der Waals surface area contributed by atoms with Crippen molar-refractivity contribution in [3.05, 3.63) is 41.9 Å². The van der Waals surface area contributed by atoms with E-state index in [1.807, 2.05) is 0 Å². The number of nitrogens with one attached hydrogen (secondary N) is 1. The number of rotatable bonds is 4. The number of H-pyrrole nitrogens is 1. The van der Waals surface area contributed by atoms with Gasteiger partial charge in [0.1, 0.15) is 0 Å². The molecule has 2 aromatic heterocycles. The van der Waals surface area contributed by atoms with Crippen LogP contribution < -0.4 is 4.74 Å². The van der Waals surface area contributed by atoms with Gasteiger partial charge in [0, 0.05) is 16.8 Å². The van der Waals surface area contributed by atoms with Gasteiger partial charge in [-0.05, 0) is 41.5 Å². The third-order valence-electron chi connectivity index (χ3n) is 3.98. The van der Waals surface area contributed by atoms with E-state index in [4.69, 9.17) is 4.74 Å². The molecule has 0 saturated heterocycles. The summed E-state index contributed by atoms with van der Waals surface area (Å²) in [7, 11) is 1.60. The Labute approximate surface area is 130 Å². The van der Waals surface area contributed by atoms with E-state index >= 15 is 0 Å². The summed E-state index contributed by atoms with van der Waals surface area (Å²) in [5.41, 5.74) is 5.69. The van der Waals surface area contributed by atoms with Crippen molar-refractivity contribution in [2.24, 2.45) is 0 Å². The van der Waals surface area contributed by atoms with Crippen LogP contribution in [0.2, 0.25) is 0 Å². The Morgan fingerprint density at radius 3 is 2.55 bits per heavy atom. The van der Waals surface area contributed by atoms with E-state index in [0.717, 1.165) is 23.2 Å². The van der Waals surface area contributed by atoms with Crippen molar-refractivity contribution in [1.82, 2.24) is 15.0 Å². The Kier molecular flexibility index (Phi) is 3.84. The number of nitrogens with zero attached hydrogens (tertiary/aromatic N) is 2. The van der Waals surface area contributed by atoms with E-state index in [9.17, 15) is 0 Å². The van der Waals surface area contributed by atoms with Crippen molar-refractivity contribution in [2.75, 3.05) is 7.11 Å². The van der Waals surface area contributed by atoms with Gasteiger partial charge in [0.25, 0.3) is 0 Å². The lowest BCUT2D eigenvalue weighted by Gasteiger charge is -2.08. The highest BCUT2D eigenvalue weighted by Gasteiger charge is 2.11. The summed E-state index contributed by atoms with van der Waals surface area (Å²) in [6.07, 6.45) is 4.39. The van der Waals surface area contributed by atoms with E-state index in [-0.39, 0.29) is 0 Å². The Morgan fingerprint density at radius 2 is 1.95 bits per heavy atom. The fourth-order valence-corrected chi connectivity index (χ4v) is 2.65. The molecule has 0 aliphatic carbocycles. The van der Waals surface area contributed by atoms with Crippen LogP contribution in [0, 0.1) is 0 Å². The predicted octanol–water partition coefficient (Wildman–Crippen LogP) is 4.32. The Hall–Kier alpha value is -2.36. The highest BCUT2D eigenvalue weighted by atomic mass is 16.5. The van der Waals surface area contributed by atoms with Crippen LogP contribution in [0.25, 0.3) is 22.2 Å². The van der Waals surface area contributed by atoms with Crippen molar-refractivity contribution >= 4 is 10.9 Å². The van der Waals surface area contributed by atoms with E-state index in [0.29, 0.717) is 11.8 Å². The molecule has 1 aromatic carbocycles. The number of fused-ring (bicyclic) bond motifs is 1. The van der Waals surface area contributed by atoms with Crippen LogP contribution in [0.4, 0.5) is 0 Å². The molecular formula is C18H21N3O. The average Bonchev–Trinajstić information content (AvgIpc) is 2.97. The molecule has 0 fully saturated rings. The van der Waals surface area contributed by atoms with Crippen molar-refractivity contribution in [2.45, 2.75) is 33.1 Å². The lowest BCUT2D eigenvalue weighted by molar-refractivity contribution is 0.396. The molecule has 0 saturated carbocycles. The summed E-state index contributed by atoms with van der Waals surface area (Å²) in [6.45, 7) is 6.56. The molecule has 114 valence electrons. The number of ether oxygens (including phenoxy) is 1. The second-order valence-corrected chi connectivity index (χ2v) is 5.77. The maximum absolute atomic E-state index is 5.08. The molecule has 0 spiro atoms. The molecule has 0 amide bonds. The fraction of sp³-hybridized carbons (Fsp3) is 0.333. The molecule has 4 nitrogen and oxygen atoms in total. The molecule has 1 N–H and O–H groups in total. The summed E-state index contributed by atoms with van der Waals surface area (Å²) < 4.78 is 5.08. The number of aromatic amines is 1. The summed E-state index contributed by atoms with van der Waals surface area (Å²) in [4.78, 5) is 12.2. The normalized spacial score (nSPS) is 11.3. The first-order valence-electron chi connectivity index (χ1n) is 7.64. The molecule has 0 radical (unpaired) electrons. The van der Waals surface area contributed by atoms with Crippen LogP contribution in [0.15, 0.2) is 30.6 Å². The molecular weight excluding hydrogens is 274 g/mol. The van der Waals surface area contributed by atoms with Gasteiger partial charge in [0.2, 0.25) is 5.88 Å². The van der Waals surface area contributed by atoms with Crippen molar-refractivity contribution < 1.29 is 4.74 Å². The molecule has 0 aliphatic heterocycles. The zero-order valence-electron chi connectivity index (χ0n) is 13.5. The maximum Gasteiger partial charge on any atom is 0.232 e. The Balaban J connectivity index is 2.13. The molecule has 0 atom stereocenters. The smallest absolute Gasteiger partial charge is 0.232 e. The highest BCUT2D eigenvalue weighted by Crippen LogP contribution is 2.30. The van der Waals surface area contributed by atoms with E-state index in [1.165, 1.54) is 16.6 Å². The minimum Gasteiger partial charge on any atom is -0.480 e. The van der Waals surface area contributed by atoms with Crippen LogP contribution in [0.3, 0.4) is 0 Å². The number of aromatic nitrogens is 3. The van der Waals surface area contributed by atoms with Gasteiger partial charge in [-0.2, -0.15) is 0 Å². The molecule has 0 unspecified atom stereocenters. The lowest BCUT2D eigenvalue weighted by atomic mass is 10.0. The summed E-state index contributed by atoms with van der Waals surface area (Å²) in [5.74, 6) is 1.02. The SMILES string of the molecule is CCc1cc2cc(C(C)C)[nH]c2cc1-c1cnc(OC)cn1. The number of hydrogen-bond acceptors (Lipinski definition) is 3. The first-order chi connectivity index (χ1) is 10.6. The first kappa shape index (κ1) is 14.6. The molecule has 2 heterocycles. The zero-order chi connectivity index (χ0) is 15.7. The highest BCUT2D eigenvalue weighted by molar-refractivity contribution is 5.87. The van der Waals surface area contributed by atoms with Gasteiger partial charge in [-0.25, -0.2) is 9.97 Å². The van der Waals surface area contributed by atoms with Gasteiger partial charge >= 0.3 is 0 Å². The molecule has 3 aromatic rings. The number of benzene rings is 1. The number of aryl methyl sites for hydroxylation is 1. The van der Waals surface area contributed by atoms with Crippen molar-refractivity contribution in [3.63, 3.8) is 0 Å².